The second-order valence-corrected chi connectivity index (χ2v) is 16.4. The van der Waals surface area contributed by atoms with Gasteiger partial charge >= 0.3 is 0 Å². The zero-order valence-corrected chi connectivity index (χ0v) is 31.6. The van der Waals surface area contributed by atoms with Gasteiger partial charge in [0.25, 0.3) is 0 Å². The van der Waals surface area contributed by atoms with Crippen LogP contribution < -0.4 is 9.80 Å². The quantitative estimate of drug-likeness (QED) is 0.169. The molecule has 0 bridgehead atoms. The molecule has 264 valence electrons. The van der Waals surface area contributed by atoms with Gasteiger partial charge in [-0.25, -0.2) is 0 Å². The van der Waals surface area contributed by atoms with Gasteiger partial charge in [0.1, 0.15) is 0 Å². The molecular weight excluding hydrogens is 653 g/mol. The van der Waals surface area contributed by atoms with Crippen LogP contribution in [-0.2, 0) is 18.3 Å². The SMILES string of the molecule is CC(C)(C)c1ccc(-c2c3ccc(N4CCCc5ccccc54)cc3c(-c3ccc4ccccc4c3)c3ccc(N4CCCc5ccccc54)cc23)cc1. The average Bonchev–Trinajstić information content (AvgIpc) is 3.21. The number of hydrogen-bond donors (Lipinski definition) is 0. The van der Waals surface area contributed by atoms with E-state index in [1.165, 1.54) is 94.0 Å². The summed E-state index contributed by atoms with van der Waals surface area (Å²) in [6.45, 7) is 8.93. The number of para-hydroxylation sites is 2. The molecule has 2 nitrogen and oxygen atoms in total. The van der Waals surface area contributed by atoms with Crippen LogP contribution in [0.2, 0.25) is 0 Å². The normalized spacial score (nSPS) is 14.4. The summed E-state index contributed by atoms with van der Waals surface area (Å²) in [6.07, 6.45) is 4.56. The van der Waals surface area contributed by atoms with Gasteiger partial charge in [-0.15, -0.1) is 0 Å². The molecule has 2 aliphatic rings. The summed E-state index contributed by atoms with van der Waals surface area (Å²) < 4.78 is 0. The van der Waals surface area contributed by atoms with Gasteiger partial charge in [0.2, 0.25) is 0 Å². The smallest absolute Gasteiger partial charge is 0.0443 e. The first-order valence-electron chi connectivity index (χ1n) is 19.8. The lowest BCUT2D eigenvalue weighted by Gasteiger charge is -2.32. The fourth-order valence-electron chi connectivity index (χ4n) is 9.25. The molecule has 0 aliphatic carbocycles. The van der Waals surface area contributed by atoms with E-state index in [0.717, 1.165) is 38.8 Å². The van der Waals surface area contributed by atoms with Crippen molar-refractivity contribution in [3.63, 3.8) is 0 Å². The minimum atomic E-state index is 0.0804. The minimum Gasteiger partial charge on any atom is -0.341 e. The molecule has 2 heterocycles. The Morgan fingerprint density at radius 2 is 0.926 bits per heavy atom. The second-order valence-electron chi connectivity index (χ2n) is 16.4. The average molecular weight is 699 g/mol. The van der Waals surface area contributed by atoms with E-state index in [1.54, 1.807) is 0 Å². The summed E-state index contributed by atoms with van der Waals surface area (Å²) in [7, 11) is 0. The van der Waals surface area contributed by atoms with Crippen molar-refractivity contribution in [2.24, 2.45) is 0 Å². The van der Waals surface area contributed by atoms with Crippen molar-refractivity contribution in [2.75, 3.05) is 22.9 Å². The largest absolute Gasteiger partial charge is 0.341 e. The Kier molecular flexibility index (Phi) is 7.84. The summed E-state index contributed by atoms with van der Waals surface area (Å²) in [5, 5.41) is 7.70. The van der Waals surface area contributed by atoms with E-state index in [4.69, 9.17) is 0 Å². The van der Waals surface area contributed by atoms with E-state index in [-0.39, 0.29) is 5.41 Å². The molecule has 2 heteroatoms. The molecule has 0 saturated carbocycles. The third-order valence-electron chi connectivity index (χ3n) is 12.0. The van der Waals surface area contributed by atoms with Crippen LogP contribution in [0.1, 0.15) is 50.3 Å². The first kappa shape index (κ1) is 32.8. The predicted octanol–water partition coefficient (Wildman–Crippen LogP) is 13.9. The highest BCUT2D eigenvalue weighted by Crippen LogP contribution is 2.48. The first-order valence-corrected chi connectivity index (χ1v) is 19.8. The van der Waals surface area contributed by atoms with E-state index in [9.17, 15) is 0 Å². The van der Waals surface area contributed by atoms with Gasteiger partial charge in [-0.05, 0) is 145 Å². The Morgan fingerprint density at radius 1 is 0.426 bits per heavy atom. The number of fused-ring (bicyclic) bond motifs is 5. The van der Waals surface area contributed by atoms with Gasteiger partial charge in [0.15, 0.2) is 0 Å². The van der Waals surface area contributed by atoms with E-state index in [2.05, 4.69) is 182 Å². The fourth-order valence-corrected chi connectivity index (χ4v) is 9.25. The summed E-state index contributed by atoms with van der Waals surface area (Å²) in [6, 6.07) is 57.7. The van der Waals surface area contributed by atoms with Crippen LogP contribution in [0.5, 0.6) is 0 Å². The molecule has 0 unspecified atom stereocenters. The Balaban J connectivity index is 1.29. The maximum Gasteiger partial charge on any atom is 0.0443 e. The highest BCUT2D eigenvalue weighted by Gasteiger charge is 2.24. The van der Waals surface area contributed by atoms with Crippen LogP contribution in [0.25, 0.3) is 54.6 Å². The molecule has 0 atom stereocenters. The van der Waals surface area contributed by atoms with Crippen molar-refractivity contribution < 1.29 is 0 Å². The molecule has 8 aromatic rings. The molecule has 0 aromatic heterocycles. The van der Waals surface area contributed by atoms with Crippen molar-refractivity contribution in [1.82, 2.24) is 0 Å². The van der Waals surface area contributed by atoms with Crippen molar-refractivity contribution in [3.8, 4) is 22.3 Å². The summed E-state index contributed by atoms with van der Waals surface area (Å²) in [5.41, 5.74) is 14.6. The molecule has 0 N–H and O–H groups in total. The predicted molar refractivity (Wildman–Crippen MR) is 232 cm³/mol. The lowest BCUT2D eigenvalue weighted by Crippen LogP contribution is -2.24. The Bertz CT molecular complexity index is 2710. The number of nitrogens with zero attached hydrogens (tertiary/aromatic N) is 2. The monoisotopic (exact) mass is 698 g/mol. The van der Waals surface area contributed by atoms with Gasteiger partial charge in [-0.1, -0.05) is 130 Å². The van der Waals surface area contributed by atoms with E-state index in [0.29, 0.717) is 0 Å². The van der Waals surface area contributed by atoms with Crippen LogP contribution in [0, 0.1) is 0 Å². The van der Waals surface area contributed by atoms with E-state index >= 15 is 0 Å². The Morgan fingerprint density at radius 3 is 1.50 bits per heavy atom. The second kappa shape index (κ2) is 12.9. The Labute approximate surface area is 319 Å². The number of hydrogen-bond acceptors (Lipinski definition) is 2. The van der Waals surface area contributed by atoms with E-state index < -0.39 is 0 Å². The number of benzene rings is 8. The molecule has 0 spiro atoms. The molecule has 0 saturated heterocycles. The molecule has 2 aliphatic heterocycles. The molecule has 8 aromatic carbocycles. The molecule has 10 rings (SSSR count). The fraction of sp³-hybridized carbons (Fsp3) is 0.192. The highest BCUT2D eigenvalue weighted by molar-refractivity contribution is 6.23. The molecule has 0 fully saturated rings. The summed E-state index contributed by atoms with van der Waals surface area (Å²) in [4.78, 5) is 5.09. The van der Waals surface area contributed by atoms with E-state index in [1.807, 2.05) is 0 Å². The van der Waals surface area contributed by atoms with Gasteiger partial charge < -0.3 is 9.80 Å². The van der Waals surface area contributed by atoms with Gasteiger partial charge in [-0.3, -0.25) is 0 Å². The summed E-state index contributed by atoms with van der Waals surface area (Å²) in [5.74, 6) is 0. The first-order chi connectivity index (χ1) is 26.4. The van der Waals surface area contributed by atoms with Crippen LogP contribution in [0.4, 0.5) is 22.7 Å². The minimum absolute atomic E-state index is 0.0804. The molecule has 0 amide bonds. The number of anilines is 4. The lowest BCUT2D eigenvalue weighted by atomic mass is 9.83. The zero-order valence-electron chi connectivity index (χ0n) is 31.6. The van der Waals surface area contributed by atoms with Crippen molar-refractivity contribution in [3.05, 3.63) is 168 Å². The van der Waals surface area contributed by atoms with Crippen LogP contribution >= 0.6 is 0 Å². The maximum atomic E-state index is 2.54. The van der Waals surface area contributed by atoms with Gasteiger partial charge in [0, 0.05) is 35.8 Å². The van der Waals surface area contributed by atoms with Gasteiger partial charge in [-0.2, -0.15) is 0 Å². The molecule has 0 radical (unpaired) electrons. The standard InChI is InChI=1S/C52H46N2/c1-52(2,3)41-24-22-38(23-25-41)50-44-28-26-43(54-31-11-17-37-14-7-9-19-49(37)54)34-47(44)51(40-21-20-35-12-4-5-15-39(35)32-40)45-29-27-42(33-46(45)50)53-30-10-16-36-13-6-8-18-48(36)53/h4-9,12-15,18-29,32-34H,10-11,16-17,30-31H2,1-3H3. The highest BCUT2D eigenvalue weighted by atomic mass is 15.1. The third kappa shape index (κ3) is 5.55. The topological polar surface area (TPSA) is 6.48 Å². The third-order valence-corrected chi connectivity index (χ3v) is 12.0. The summed E-state index contributed by atoms with van der Waals surface area (Å²) >= 11 is 0. The number of aryl methyl sites for hydroxylation is 2. The molecular formula is C52H46N2. The van der Waals surface area contributed by atoms with Crippen LogP contribution in [-0.4, -0.2) is 13.1 Å². The Hall–Kier alpha value is -5.86. The maximum absolute atomic E-state index is 2.54. The zero-order chi connectivity index (χ0) is 36.4. The number of rotatable bonds is 4. The van der Waals surface area contributed by atoms with Crippen molar-refractivity contribution in [1.29, 1.82) is 0 Å². The molecule has 54 heavy (non-hydrogen) atoms. The van der Waals surface area contributed by atoms with Gasteiger partial charge in [0.05, 0.1) is 0 Å². The van der Waals surface area contributed by atoms with Crippen LogP contribution in [0.15, 0.2) is 152 Å². The van der Waals surface area contributed by atoms with Crippen molar-refractivity contribution >= 4 is 55.1 Å². The van der Waals surface area contributed by atoms with Crippen molar-refractivity contribution in [2.45, 2.75) is 51.9 Å². The lowest BCUT2D eigenvalue weighted by molar-refractivity contribution is 0.590. The van der Waals surface area contributed by atoms with Crippen LogP contribution in [0.3, 0.4) is 0 Å².